The van der Waals surface area contributed by atoms with Crippen LogP contribution in [0.4, 0.5) is 17.3 Å². The van der Waals surface area contributed by atoms with Crippen molar-refractivity contribution in [3.63, 3.8) is 0 Å². The van der Waals surface area contributed by atoms with Crippen LogP contribution in [-0.4, -0.2) is 21.8 Å². The second-order valence-electron chi connectivity index (χ2n) is 7.50. The normalized spacial score (nSPS) is 11.6. The summed E-state index contributed by atoms with van der Waals surface area (Å²) in [7, 11) is 0. The fourth-order valence-corrected chi connectivity index (χ4v) is 3.19. The van der Waals surface area contributed by atoms with Gasteiger partial charge in [-0.3, -0.25) is 9.59 Å². The monoisotopic (exact) mass is 476 g/mol. The van der Waals surface area contributed by atoms with Gasteiger partial charge in [0.15, 0.2) is 0 Å². The first kappa shape index (κ1) is 24.5. The van der Waals surface area contributed by atoms with E-state index in [2.05, 4.69) is 25.9 Å². The summed E-state index contributed by atoms with van der Waals surface area (Å²) < 4.78 is 0. The molecule has 34 heavy (non-hydrogen) atoms. The standard InChI is InChI=1S/C25H25ClN6O2/c1-4-19(10-16(3)27)32-25-28-13-21(14-29-25)31-24(34)22-12-20(9-8-15(22)2)30-23(33)17-6-5-7-18(26)11-17/h4-14H,27H2,1-3H3,(H,30,33)(H,31,34)(H,28,29,32)/b16-10+,19-4+. The van der Waals surface area contributed by atoms with Crippen LogP contribution in [0.5, 0.6) is 0 Å². The summed E-state index contributed by atoms with van der Waals surface area (Å²) in [5.74, 6) is -0.309. The number of nitrogens with two attached hydrogens (primary N) is 1. The lowest BCUT2D eigenvalue weighted by atomic mass is 10.1. The fraction of sp³-hybridized carbons (Fsp3) is 0.120. The molecule has 5 N–H and O–H groups in total. The Kier molecular flexibility index (Phi) is 8.00. The average Bonchev–Trinajstić information content (AvgIpc) is 2.80. The van der Waals surface area contributed by atoms with Gasteiger partial charge in [0, 0.05) is 33.2 Å². The van der Waals surface area contributed by atoms with Gasteiger partial charge in [0.05, 0.1) is 18.1 Å². The minimum absolute atomic E-state index is 0.325. The van der Waals surface area contributed by atoms with E-state index in [0.717, 1.165) is 11.3 Å². The van der Waals surface area contributed by atoms with Crippen molar-refractivity contribution in [1.29, 1.82) is 0 Å². The molecule has 3 aromatic rings. The molecule has 0 saturated heterocycles. The van der Waals surface area contributed by atoms with Crippen LogP contribution in [0.15, 0.2) is 78.4 Å². The Balaban J connectivity index is 1.70. The van der Waals surface area contributed by atoms with Gasteiger partial charge in [-0.2, -0.15) is 0 Å². The zero-order valence-corrected chi connectivity index (χ0v) is 19.8. The van der Waals surface area contributed by atoms with Crippen LogP contribution in [0.1, 0.15) is 40.1 Å². The zero-order chi connectivity index (χ0) is 24.7. The van der Waals surface area contributed by atoms with Crippen molar-refractivity contribution in [3.8, 4) is 0 Å². The molecule has 0 radical (unpaired) electrons. The average molecular weight is 477 g/mol. The van der Waals surface area contributed by atoms with Gasteiger partial charge in [0.25, 0.3) is 11.8 Å². The van der Waals surface area contributed by atoms with Crippen molar-refractivity contribution in [2.24, 2.45) is 5.73 Å². The van der Waals surface area contributed by atoms with Crippen molar-refractivity contribution >= 4 is 40.7 Å². The summed E-state index contributed by atoms with van der Waals surface area (Å²) >= 11 is 5.96. The molecule has 174 valence electrons. The minimum atomic E-state index is -0.350. The molecule has 2 amide bonds. The van der Waals surface area contributed by atoms with Gasteiger partial charge >= 0.3 is 0 Å². The highest BCUT2D eigenvalue weighted by Gasteiger charge is 2.13. The third kappa shape index (κ3) is 6.66. The van der Waals surface area contributed by atoms with E-state index in [1.54, 1.807) is 55.5 Å². The molecule has 0 aliphatic rings. The van der Waals surface area contributed by atoms with E-state index >= 15 is 0 Å². The second-order valence-corrected chi connectivity index (χ2v) is 7.94. The van der Waals surface area contributed by atoms with Crippen molar-refractivity contribution in [3.05, 3.63) is 100 Å². The third-order valence-electron chi connectivity index (χ3n) is 4.69. The predicted octanol–water partition coefficient (Wildman–Crippen LogP) is 5.12. The first-order chi connectivity index (χ1) is 16.2. The molecule has 2 aromatic carbocycles. The first-order valence-corrected chi connectivity index (χ1v) is 10.8. The Morgan fingerprint density at radius 3 is 2.32 bits per heavy atom. The summed E-state index contributed by atoms with van der Waals surface area (Å²) in [5.41, 5.74) is 9.59. The zero-order valence-electron chi connectivity index (χ0n) is 19.0. The van der Waals surface area contributed by atoms with Crippen LogP contribution < -0.4 is 21.7 Å². The van der Waals surface area contributed by atoms with E-state index in [0.29, 0.717) is 39.2 Å². The maximum absolute atomic E-state index is 12.9. The number of hydrogen-bond donors (Lipinski definition) is 4. The van der Waals surface area contributed by atoms with Gasteiger partial charge in [-0.1, -0.05) is 29.8 Å². The number of carbonyl (C=O) groups excluding carboxylic acids is 2. The van der Waals surface area contributed by atoms with Gasteiger partial charge in [-0.25, -0.2) is 9.97 Å². The number of aromatic nitrogens is 2. The van der Waals surface area contributed by atoms with Crippen LogP contribution in [0, 0.1) is 6.92 Å². The summed E-state index contributed by atoms with van der Waals surface area (Å²) in [4.78, 5) is 33.8. The number of nitrogens with zero attached hydrogens (tertiary/aromatic N) is 2. The lowest BCUT2D eigenvalue weighted by molar-refractivity contribution is 0.101. The Morgan fingerprint density at radius 2 is 1.68 bits per heavy atom. The highest BCUT2D eigenvalue weighted by Crippen LogP contribution is 2.19. The van der Waals surface area contributed by atoms with Gasteiger partial charge in [0.2, 0.25) is 5.95 Å². The van der Waals surface area contributed by atoms with Crippen molar-refractivity contribution in [2.45, 2.75) is 20.8 Å². The number of rotatable bonds is 7. The lowest BCUT2D eigenvalue weighted by Crippen LogP contribution is -2.16. The molecule has 0 unspecified atom stereocenters. The van der Waals surface area contributed by atoms with Crippen LogP contribution >= 0.6 is 11.6 Å². The van der Waals surface area contributed by atoms with E-state index in [-0.39, 0.29) is 11.8 Å². The lowest BCUT2D eigenvalue weighted by Gasteiger charge is -2.11. The van der Waals surface area contributed by atoms with E-state index in [1.807, 2.05) is 19.9 Å². The fourth-order valence-electron chi connectivity index (χ4n) is 3.00. The quantitative estimate of drug-likeness (QED) is 0.351. The van der Waals surface area contributed by atoms with Gasteiger partial charge < -0.3 is 21.7 Å². The van der Waals surface area contributed by atoms with Gasteiger partial charge in [-0.15, -0.1) is 0 Å². The molecular weight excluding hydrogens is 452 g/mol. The SMILES string of the molecule is C/C=C(\C=C(/C)N)Nc1ncc(NC(=O)c2cc(NC(=O)c3cccc(Cl)c3)ccc2C)cn1. The molecule has 0 atom stereocenters. The first-order valence-electron chi connectivity index (χ1n) is 10.4. The molecule has 1 heterocycles. The summed E-state index contributed by atoms with van der Waals surface area (Å²) in [6, 6.07) is 11.7. The number of halogens is 1. The molecule has 1 aromatic heterocycles. The number of hydrogen-bond acceptors (Lipinski definition) is 6. The molecule has 8 nitrogen and oxygen atoms in total. The third-order valence-corrected chi connectivity index (χ3v) is 4.92. The molecule has 0 spiro atoms. The van der Waals surface area contributed by atoms with Crippen LogP contribution in [0.3, 0.4) is 0 Å². The van der Waals surface area contributed by atoms with Crippen molar-refractivity contribution < 1.29 is 9.59 Å². The number of anilines is 3. The molecule has 0 saturated carbocycles. The largest absolute Gasteiger partial charge is 0.402 e. The number of benzene rings is 2. The maximum Gasteiger partial charge on any atom is 0.256 e. The van der Waals surface area contributed by atoms with E-state index in [1.165, 1.54) is 12.4 Å². The molecule has 0 bridgehead atoms. The molecule has 0 fully saturated rings. The molecule has 0 aliphatic heterocycles. The van der Waals surface area contributed by atoms with Crippen molar-refractivity contribution in [2.75, 3.05) is 16.0 Å². The van der Waals surface area contributed by atoms with E-state index in [9.17, 15) is 9.59 Å². The number of carbonyl (C=O) groups is 2. The van der Waals surface area contributed by atoms with E-state index in [4.69, 9.17) is 17.3 Å². The summed E-state index contributed by atoms with van der Waals surface area (Å²) in [5, 5.41) is 9.07. The Morgan fingerprint density at radius 1 is 0.971 bits per heavy atom. The van der Waals surface area contributed by atoms with Crippen molar-refractivity contribution in [1.82, 2.24) is 9.97 Å². The molecule has 0 aliphatic carbocycles. The van der Waals surface area contributed by atoms with Gasteiger partial charge in [0.1, 0.15) is 0 Å². The topological polar surface area (TPSA) is 122 Å². The Labute approximate surface area is 203 Å². The van der Waals surface area contributed by atoms with Crippen LogP contribution in [0.2, 0.25) is 5.02 Å². The smallest absolute Gasteiger partial charge is 0.256 e. The van der Waals surface area contributed by atoms with Crippen LogP contribution in [-0.2, 0) is 0 Å². The second kappa shape index (κ2) is 11.1. The molecule has 9 heteroatoms. The summed E-state index contributed by atoms with van der Waals surface area (Å²) in [6.45, 7) is 5.46. The number of amides is 2. The number of allylic oxidation sites excluding steroid dienone is 3. The van der Waals surface area contributed by atoms with Gasteiger partial charge in [-0.05, 0) is 62.7 Å². The highest BCUT2D eigenvalue weighted by atomic mass is 35.5. The molecule has 3 rings (SSSR count). The Bertz CT molecular complexity index is 1260. The maximum atomic E-state index is 12.9. The molecular formula is C25H25ClN6O2. The summed E-state index contributed by atoms with van der Waals surface area (Å²) in [6.07, 6.45) is 6.61. The minimum Gasteiger partial charge on any atom is -0.402 e. The highest BCUT2D eigenvalue weighted by molar-refractivity contribution is 6.31. The Hall–Kier alpha value is -4.17. The predicted molar refractivity (Wildman–Crippen MR) is 136 cm³/mol. The van der Waals surface area contributed by atoms with Crippen LogP contribution in [0.25, 0.3) is 0 Å². The van der Waals surface area contributed by atoms with E-state index < -0.39 is 0 Å². The number of nitrogens with one attached hydrogen (secondary N) is 3. The number of aryl methyl sites for hydroxylation is 1.